The number of nitrogens with zero attached hydrogens (tertiary/aromatic N) is 5. The molecule has 0 aromatic carbocycles. The highest BCUT2D eigenvalue weighted by Crippen LogP contribution is 1.96. The number of hydrazone groups is 2. The first kappa shape index (κ1) is 12.4. The van der Waals surface area contributed by atoms with Crippen LogP contribution in [0.25, 0.3) is 0 Å². The van der Waals surface area contributed by atoms with E-state index in [1.54, 1.807) is 6.92 Å². The fraction of sp³-hybridized carbons (Fsp3) is 0.333. The Kier molecular flexibility index (Phi) is 6.64. The summed E-state index contributed by atoms with van der Waals surface area (Å²) in [6, 6.07) is -0.451. The van der Waals surface area contributed by atoms with Crippen LogP contribution in [0.15, 0.2) is 20.4 Å². The lowest BCUT2D eigenvalue weighted by molar-refractivity contribution is 0.248. The van der Waals surface area contributed by atoms with Crippen molar-refractivity contribution in [3.8, 4) is 0 Å². The number of ether oxygens (including phenoxy) is 1. The molecule has 0 heterocycles. The highest BCUT2D eigenvalue weighted by molar-refractivity contribution is 5.74. The lowest BCUT2D eigenvalue weighted by Gasteiger charge is -2.08. The van der Waals surface area contributed by atoms with Gasteiger partial charge in [-0.25, -0.2) is 14.4 Å². The smallest absolute Gasteiger partial charge is 0.356 e. The van der Waals surface area contributed by atoms with Crippen LogP contribution in [0.1, 0.15) is 6.92 Å². The molecule has 0 amide bonds. The van der Waals surface area contributed by atoms with Crippen molar-refractivity contribution in [1.29, 1.82) is 0 Å². The number of amidine groups is 1. The highest BCUT2D eigenvalue weighted by atomic mass is 16.5. The molecule has 9 heteroatoms. The van der Waals surface area contributed by atoms with Crippen molar-refractivity contribution in [2.75, 3.05) is 6.61 Å². The van der Waals surface area contributed by atoms with Crippen LogP contribution in [-0.2, 0) is 19.1 Å². The Morgan fingerprint density at radius 3 is 2.20 bits per heavy atom. The topological polar surface area (TPSA) is 113 Å². The van der Waals surface area contributed by atoms with Gasteiger partial charge < -0.3 is 4.74 Å². The predicted molar refractivity (Wildman–Crippen MR) is 45.3 cm³/mol. The molecule has 0 bridgehead atoms. The summed E-state index contributed by atoms with van der Waals surface area (Å²) in [6.45, 7) is 1.72. The molecule has 78 valence electrons. The van der Waals surface area contributed by atoms with E-state index in [0.717, 1.165) is 18.2 Å². The van der Waals surface area contributed by atoms with E-state index in [4.69, 9.17) is 4.74 Å². The zero-order valence-electron chi connectivity index (χ0n) is 7.58. The van der Waals surface area contributed by atoms with Gasteiger partial charge in [0.15, 0.2) is 0 Å². The Morgan fingerprint density at radius 1 is 1.20 bits per heavy atom. The van der Waals surface area contributed by atoms with Crippen molar-refractivity contribution in [3.05, 3.63) is 0 Å². The maximum atomic E-state index is 9.93. The number of hydrogen-bond acceptors (Lipinski definition) is 8. The van der Waals surface area contributed by atoms with E-state index in [0.29, 0.717) is 5.12 Å². The zero-order chi connectivity index (χ0) is 11.5. The van der Waals surface area contributed by atoms with Crippen molar-refractivity contribution >= 4 is 24.3 Å². The van der Waals surface area contributed by atoms with E-state index >= 15 is 0 Å². The number of rotatable bonds is 4. The number of hydrogen-bond donors (Lipinski definition) is 0. The maximum absolute atomic E-state index is 9.93. The normalized spacial score (nSPS) is 9.00. The predicted octanol–water partition coefficient (Wildman–Crippen LogP) is -0.567. The van der Waals surface area contributed by atoms with Crippen molar-refractivity contribution in [2.24, 2.45) is 20.4 Å². The van der Waals surface area contributed by atoms with E-state index in [-0.39, 0.29) is 6.61 Å². The first-order chi connectivity index (χ1) is 7.29. The molecule has 0 N–H and O–H groups in total. The zero-order valence-corrected chi connectivity index (χ0v) is 7.58. The molecule has 15 heavy (non-hydrogen) atoms. The lowest BCUT2D eigenvalue weighted by Crippen LogP contribution is -2.23. The molecule has 0 saturated carbocycles. The van der Waals surface area contributed by atoms with Gasteiger partial charge in [-0.15, -0.1) is 0 Å². The molecule has 0 spiro atoms. The quantitative estimate of drug-likeness (QED) is 0.267. The summed E-state index contributed by atoms with van der Waals surface area (Å²) in [5.41, 5.74) is 0. The van der Waals surface area contributed by atoms with Gasteiger partial charge in [-0.2, -0.15) is 0 Å². The molecular formula is C6H5N5O4. The molecule has 0 aromatic rings. The van der Waals surface area contributed by atoms with Crippen LogP contribution >= 0.6 is 0 Å². The molecule has 0 fully saturated rings. The molecule has 0 aliphatic carbocycles. The Bertz CT molecular complexity index is 355. The molecule has 0 saturated heterocycles. The second-order valence-corrected chi connectivity index (χ2v) is 1.68. The van der Waals surface area contributed by atoms with Gasteiger partial charge in [-0.05, 0) is 6.92 Å². The average molecular weight is 211 g/mol. The van der Waals surface area contributed by atoms with Crippen molar-refractivity contribution in [2.45, 2.75) is 6.92 Å². The first-order valence-corrected chi connectivity index (χ1v) is 3.53. The molecule has 0 aliphatic heterocycles. The minimum absolute atomic E-state index is 0.131. The van der Waals surface area contributed by atoms with Crippen LogP contribution in [0.3, 0.4) is 0 Å². The van der Waals surface area contributed by atoms with Crippen molar-refractivity contribution < 1.29 is 19.1 Å². The number of isocyanates is 3. The standard InChI is InChI=1S/C6H5N5O4/c1-2-15-6(10-7-3-12)11(8-4-13)9-5-14/h2H2,1H3. The highest BCUT2D eigenvalue weighted by Gasteiger charge is 2.11. The monoisotopic (exact) mass is 211 g/mol. The first-order valence-electron chi connectivity index (χ1n) is 3.53. The molecule has 9 nitrogen and oxygen atoms in total. The fourth-order valence-electron chi connectivity index (χ4n) is 0.504. The van der Waals surface area contributed by atoms with Gasteiger partial charge in [0.2, 0.25) is 0 Å². The van der Waals surface area contributed by atoms with Crippen LogP contribution in [0.4, 0.5) is 0 Å². The summed E-state index contributed by atoms with van der Waals surface area (Å²) in [7, 11) is 0. The van der Waals surface area contributed by atoms with Gasteiger partial charge in [-0.1, -0.05) is 25.5 Å². The molecule has 0 rings (SSSR count). The van der Waals surface area contributed by atoms with Gasteiger partial charge in [0, 0.05) is 0 Å². The van der Waals surface area contributed by atoms with Gasteiger partial charge in [0.1, 0.15) is 0 Å². The molecule has 0 unspecified atom stereocenters. The van der Waals surface area contributed by atoms with E-state index in [2.05, 4.69) is 20.4 Å². The van der Waals surface area contributed by atoms with E-state index in [1.807, 2.05) is 0 Å². The third-order valence-corrected chi connectivity index (χ3v) is 0.892. The maximum Gasteiger partial charge on any atom is 0.356 e. The van der Waals surface area contributed by atoms with Gasteiger partial charge in [0.25, 0.3) is 18.2 Å². The summed E-state index contributed by atoms with van der Waals surface area (Å²) in [4.78, 5) is 29.6. The average Bonchev–Trinajstić information content (AvgIpc) is 2.24. The summed E-state index contributed by atoms with van der Waals surface area (Å²) < 4.78 is 4.77. The van der Waals surface area contributed by atoms with Gasteiger partial charge in [-0.3, -0.25) is 0 Å². The SMILES string of the molecule is CCOC(=NN=C=O)N(N=C=O)N=C=O. The second kappa shape index (κ2) is 8.03. The number of carbonyl (C=O) groups excluding carboxylic acids is 3. The summed E-state index contributed by atoms with van der Waals surface area (Å²) >= 11 is 0. The van der Waals surface area contributed by atoms with Crippen molar-refractivity contribution in [1.82, 2.24) is 5.12 Å². The third-order valence-electron chi connectivity index (χ3n) is 0.892. The van der Waals surface area contributed by atoms with Crippen LogP contribution in [0.5, 0.6) is 0 Å². The Balaban J connectivity index is 5.05. The van der Waals surface area contributed by atoms with Gasteiger partial charge in [0.05, 0.1) is 6.61 Å². The van der Waals surface area contributed by atoms with Crippen molar-refractivity contribution in [3.63, 3.8) is 0 Å². The minimum atomic E-state index is -0.451. The fourth-order valence-corrected chi connectivity index (χ4v) is 0.504. The molecular weight excluding hydrogens is 206 g/mol. The molecule has 0 aliphatic rings. The molecule has 0 atom stereocenters. The van der Waals surface area contributed by atoms with Gasteiger partial charge >= 0.3 is 6.02 Å². The van der Waals surface area contributed by atoms with E-state index in [9.17, 15) is 14.4 Å². The van der Waals surface area contributed by atoms with E-state index < -0.39 is 6.02 Å². The van der Waals surface area contributed by atoms with Crippen LogP contribution < -0.4 is 0 Å². The second-order valence-electron chi connectivity index (χ2n) is 1.68. The van der Waals surface area contributed by atoms with Crippen LogP contribution in [0.2, 0.25) is 0 Å². The van der Waals surface area contributed by atoms with E-state index in [1.165, 1.54) is 0 Å². The summed E-state index contributed by atoms with van der Waals surface area (Å²) in [6.07, 6.45) is 3.29. The summed E-state index contributed by atoms with van der Waals surface area (Å²) in [5, 5.41) is 12.2. The van der Waals surface area contributed by atoms with Crippen LogP contribution in [-0.4, -0.2) is 36.0 Å². The minimum Gasteiger partial charge on any atom is -0.462 e. The Morgan fingerprint density at radius 2 is 1.80 bits per heavy atom. The van der Waals surface area contributed by atoms with Crippen LogP contribution in [0, 0.1) is 0 Å². The third kappa shape index (κ3) is 4.87. The molecule has 0 radical (unpaired) electrons. The Hall–Kier alpha value is -2.59. The summed E-state index contributed by atoms with van der Waals surface area (Å²) in [5.74, 6) is 0. The lowest BCUT2D eigenvalue weighted by atomic mass is 10.9. The Labute approximate surface area is 83.4 Å². The largest absolute Gasteiger partial charge is 0.462 e. The molecule has 0 aromatic heterocycles.